The van der Waals surface area contributed by atoms with E-state index in [9.17, 15) is 0 Å². The van der Waals surface area contributed by atoms with Crippen LogP contribution in [-0.4, -0.2) is 13.6 Å². The van der Waals surface area contributed by atoms with Gasteiger partial charge in [0.05, 0.1) is 0 Å². The largest absolute Gasteiger partial charge is 0.481 e. The lowest BCUT2D eigenvalue weighted by Crippen LogP contribution is -2.32. The molecule has 0 amide bonds. The average Bonchev–Trinajstić information content (AvgIpc) is 3.09. The molecule has 2 nitrogen and oxygen atoms in total. The van der Waals surface area contributed by atoms with Gasteiger partial charge in [-0.05, 0) is 43.4 Å². The van der Waals surface area contributed by atoms with E-state index in [1.165, 1.54) is 10.3 Å². The summed E-state index contributed by atoms with van der Waals surface area (Å²) in [7, 11) is 1.98. The molecule has 0 aliphatic rings. The molecular formula is C19H22ClNOS. The Morgan fingerprint density at radius 2 is 1.83 bits per heavy atom. The molecule has 3 aromatic rings. The van der Waals surface area contributed by atoms with Crippen LogP contribution in [0.15, 0.2) is 60.0 Å². The van der Waals surface area contributed by atoms with Gasteiger partial charge >= 0.3 is 0 Å². The van der Waals surface area contributed by atoms with Gasteiger partial charge in [0.2, 0.25) is 0 Å². The molecule has 3 rings (SSSR count). The van der Waals surface area contributed by atoms with Gasteiger partial charge in [-0.2, -0.15) is 0 Å². The van der Waals surface area contributed by atoms with Crippen molar-refractivity contribution in [3.05, 3.63) is 64.9 Å². The molecule has 0 saturated carbocycles. The summed E-state index contributed by atoms with van der Waals surface area (Å²) in [4.78, 5) is 1.26. The van der Waals surface area contributed by atoms with E-state index in [2.05, 4.69) is 72.2 Å². The summed E-state index contributed by atoms with van der Waals surface area (Å²) in [6.07, 6.45) is 0.924. The van der Waals surface area contributed by atoms with Crippen molar-refractivity contribution in [2.45, 2.75) is 18.9 Å². The van der Waals surface area contributed by atoms with Crippen molar-refractivity contribution in [1.29, 1.82) is 0 Å². The van der Waals surface area contributed by atoms with Crippen LogP contribution >= 0.6 is 23.7 Å². The van der Waals surface area contributed by atoms with Crippen LogP contribution in [0.1, 0.15) is 18.2 Å². The maximum atomic E-state index is 6.53. The van der Waals surface area contributed by atoms with E-state index in [4.69, 9.17) is 4.74 Å². The van der Waals surface area contributed by atoms with Gasteiger partial charge in [-0.3, -0.25) is 0 Å². The fourth-order valence-corrected chi connectivity index (χ4v) is 3.55. The third-order valence-corrected chi connectivity index (χ3v) is 5.09. The first-order valence-corrected chi connectivity index (χ1v) is 8.46. The summed E-state index contributed by atoms with van der Waals surface area (Å²) < 4.78 is 6.53. The number of benzene rings is 2. The van der Waals surface area contributed by atoms with Crippen molar-refractivity contribution < 1.29 is 4.74 Å². The highest BCUT2D eigenvalue weighted by atomic mass is 35.5. The smallest absolute Gasteiger partial charge is 0.141 e. The van der Waals surface area contributed by atoms with Crippen molar-refractivity contribution in [3.8, 4) is 5.75 Å². The fourth-order valence-electron chi connectivity index (χ4n) is 2.69. The Hall–Kier alpha value is -1.55. The van der Waals surface area contributed by atoms with Gasteiger partial charge in [-0.1, -0.05) is 42.5 Å². The van der Waals surface area contributed by atoms with Gasteiger partial charge in [0.1, 0.15) is 11.4 Å². The zero-order valence-electron chi connectivity index (χ0n) is 13.4. The van der Waals surface area contributed by atoms with Crippen LogP contribution in [0.2, 0.25) is 0 Å². The Kier molecular flexibility index (Phi) is 6.05. The standard InChI is InChI=1S/C19H21NOS.ClH/c1-19(12-13-20-2,18-11-6-14-22-18)21-17-10-5-8-15-7-3-4-9-16(15)17;/h3-11,14,20H,12-13H2,1-2H3;1H. The molecule has 0 spiro atoms. The predicted octanol–water partition coefficient (Wildman–Crippen LogP) is 5.23. The number of fused-ring (bicyclic) bond motifs is 1. The highest BCUT2D eigenvalue weighted by Crippen LogP contribution is 2.36. The third-order valence-electron chi connectivity index (χ3n) is 3.98. The topological polar surface area (TPSA) is 21.3 Å². The van der Waals surface area contributed by atoms with Crippen molar-refractivity contribution in [2.75, 3.05) is 13.6 Å². The molecule has 1 aromatic heterocycles. The molecule has 0 radical (unpaired) electrons. The summed E-state index contributed by atoms with van der Waals surface area (Å²) in [5, 5.41) is 7.72. The maximum Gasteiger partial charge on any atom is 0.141 e. The summed E-state index contributed by atoms with van der Waals surface area (Å²) in [6.45, 7) is 3.09. The Morgan fingerprint density at radius 3 is 2.57 bits per heavy atom. The first-order valence-electron chi connectivity index (χ1n) is 7.58. The van der Waals surface area contributed by atoms with E-state index in [-0.39, 0.29) is 18.0 Å². The van der Waals surface area contributed by atoms with Crippen molar-refractivity contribution in [3.63, 3.8) is 0 Å². The molecule has 23 heavy (non-hydrogen) atoms. The van der Waals surface area contributed by atoms with Gasteiger partial charge in [-0.15, -0.1) is 23.7 Å². The summed E-state index contributed by atoms with van der Waals surface area (Å²) >= 11 is 1.75. The van der Waals surface area contributed by atoms with Crippen LogP contribution in [0.5, 0.6) is 5.75 Å². The van der Waals surface area contributed by atoms with Crippen LogP contribution in [0.3, 0.4) is 0 Å². The molecule has 1 unspecified atom stereocenters. The van der Waals surface area contributed by atoms with Crippen LogP contribution in [0.25, 0.3) is 10.8 Å². The molecule has 0 aliphatic carbocycles. The number of hydrogen-bond acceptors (Lipinski definition) is 3. The van der Waals surface area contributed by atoms with Crippen molar-refractivity contribution >= 4 is 34.5 Å². The Morgan fingerprint density at radius 1 is 1.04 bits per heavy atom. The Labute approximate surface area is 147 Å². The molecular weight excluding hydrogens is 326 g/mol. The van der Waals surface area contributed by atoms with Crippen LogP contribution < -0.4 is 10.1 Å². The third kappa shape index (κ3) is 3.86. The SMILES string of the molecule is CNCCC(C)(Oc1cccc2ccccc12)c1cccs1.Cl. The summed E-state index contributed by atoms with van der Waals surface area (Å²) in [6, 6.07) is 18.9. The molecule has 1 heterocycles. The minimum absolute atomic E-state index is 0. The van der Waals surface area contributed by atoms with E-state index >= 15 is 0 Å². The Bertz CT molecular complexity index is 739. The normalized spacial score (nSPS) is 13.3. The number of rotatable bonds is 6. The summed E-state index contributed by atoms with van der Waals surface area (Å²) in [5.74, 6) is 0.949. The van der Waals surface area contributed by atoms with E-state index in [1.807, 2.05) is 7.05 Å². The monoisotopic (exact) mass is 347 g/mol. The number of nitrogens with one attached hydrogen (secondary N) is 1. The highest BCUT2D eigenvalue weighted by Gasteiger charge is 2.30. The fraction of sp³-hybridized carbons (Fsp3) is 0.263. The lowest BCUT2D eigenvalue weighted by Gasteiger charge is -2.30. The first kappa shape index (κ1) is 17.8. The second-order valence-corrected chi connectivity index (χ2v) is 6.59. The molecule has 122 valence electrons. The quantitative estimate of drug-likeness (QED) is 0.659. The van der Waals surface area contributed by atoms with Crippen LogP contribution in [-0.2, 0) is 5.60 Å². The van der Waals surface area contributed by atoms with Gasteiger partial charge in [0.25, 0.3) is 0 Å². The maximum absolute atomic E-state index is 6.53. The second-order valence-electron chi connectivity index (χ2n) is 5.64. The van der Waals surface area contributed by atoms with E-state index in [1.54, 1.807) is 11.3 Å². The Balaban J connectivity index is 0.00000192. The van der Waals surface area contributed by atoms with E-state index in [0.717, 1.165) is 24.1 Å². The summed E-state index contributed by atoms with van der Waals surface area (Å²) in [5.41, 5.74) is -0.318. The van der Waals surface area contributed by atoms with Crippen LogP contribution in [0.4, 0.5) is 0 Å². The average molecular weight is 348 g/mol. The second kappa shape index (κ2) is 7.82. The van der Waals surface area contributed by atoms with Crippen molar-refractivity contribution in [2.24, 2.45) is 0 Å². The zero-order chi connectivity index (χ0) is 15.4. The molecule has 0 saturated heterocycles. The van der Waals surface area contributed by atoms with Crippen LogP contribution in [0, 0.1) is 0 Å². The lowest BCUT2D eigenvalue weighted by molar-refractivity contribution is 0.0834. The van der Waals surface area contributed by atoms with Gasteiger partial charge in [-0.25, -0.2) is 0 Å². The van der Waals surface area contributed by atoms with Crippen molar-refractivity contribution in [1.82, 2.24) is 5.32 Å². The number of hydrogen-bond donors (Lipinski definition) is 1. The highest BCUT2D eigenvalue weighted by molar-refractivity contribution is 7.10. The molecule has 4 heteroatoms. The molecule has 1 atom stereocenters. The molecule has 0 aliphatic heterocycles. The van der Waals surface area contributed by atoms with E-state index < -0.39 is 0 Å². The predicted molar refractivity (Wildman–Crippen MR) is 102 cm³/mol. The minimum Gasteiger partial charge on any atom is -0.481 e. The molecule has 0 fully saturated rings. The van der Waals surface area contributed by atoms with E-state index in [0.29, 0.717) is 0 Å². The number of thiophene rings is 1. The molecule has 2 aromatic carbocycles. The van der Waals surface area contributed by atoms with Gasteiger partial charge in [0, 0.05) is 16.7 Å². The lowest BCUT2D eigenvalue weighted by atomic mass is 9.99. The number of ether oxygens (including phenoxy) is 1. The van der Waals surface area contributed by atoms with Gasteiger partial charge < -0.3 is 10.1 Å². The first-order chi connectivity index (χ1) is 10.7. The van der Waals surface area contributed by atoms with Gasteiger partial charge in [0.15, 0.2) is 0 Å². The zero-order valence-corrected chi connectivity index (χ0v) is 15.0. The molecule has 1 N–H and O–H groups in total. The minimum atomic E-state index is -0.318. The number of halogens is 1. The molecule has 0 bridgehead atoms.